The second kappa shape index (κ2) is 9.64. The van der Waals surface area contributed by atoms with Crippen molar-refractivity contribution in [1.29, 1.82) is 0 Å². The van der Waals surface area contributed by atoms with E-state index >= 15 is 0 Å². The molecule has 7 nitrogen and oxygen atoms in total. The number of carboxylic acid groups (broad SMARTS) is 1. The lowest BCUT2D eigenvalue weighted by Crippen LogP contribution is -2.34. The first-order chi connectivity index (χ1) is 13.3. The maximum Gasteiger partial charge on any atom is 0.305 e. The Morgan fingerprint density at radius 3 is 2.39 bits per heavy atom. The van der Waals surface area contributed by atoms with Gasteiger partial charge in [0.2, 0.25) is 0 Å². The van der Waals surface area contributed by atoms with E-state index in [1.807, 2.05) is 26.0 Å². The molecule has 1 atom stereocenters. The van der Waals surface area contributed by atoms with E-state index in [0.29, 0.717) is 22.8 Å². The fourth-order valence-corrected chi connectivity index (χ4v) is 2.86. The molecule has 0 aliphatic carbocycles. The largest absolute Gasteiger partial charge is 0.497 e. The zero-order valence-electron chi connectivity index (χ0n) is 16.4. The number of benzene rings is 2. The zero-order valence-corrected chi connectivity index (χ0v) is 16.4. The smallest absolute Gasteiger partial charge is 0.305 e. The number of methoxy groups -OCH3 is 2. The summed E-state index contributed by atoms with van der Waals surface area (Å²) in [5, 5.41) is 12.0. The molecule has 0 saturated carbocycles. The molecular weight excluding hydrogens is 362 g/mol. The quantitative estimate of drug-likeness (QED) is 0.687. The third-order valence-corrected chi connectivity index (χ3v) is 4.22. The Labute approximate surface area is 164 Å². The molecule has 0 heterocycles. The van der Waals surface area contributed by atoms with E-state index in [1.54, 1.807) is 24.3 Å². The van der Waals surface area contributed by atoms with Crippen molar-refractivity contribution in [3.05, 3.63) is 53.1 Å². The van der Waals surface area contributed by atoms with Crippen molar-refractivity contribution in [3.63, 3.8) is 0 Å². The second-order valence-corrected chi connectivity index (χ2v) is 6.38. The SMILES string of the molecule is COc1ccc(C(CC(=O)O)NC(=O)COc2ccc(C)cc2C)c(OC)c1. The first kappa shape index (κ1) is 21.1. The molecule has 2 aromatic carbocycles. The normalized spacial score (nSPS) is 11.4. The van der Waals surface area contributed by atoms with Crippen LogP contribution in [0, 0.1) is 13.8 Å². The van der Waals surface area contributed by atoms with Crippen LogP contribution < -0.4 is 19.5 Å². The Kier molecular flexibility index (Phi) is 7.26. The number of ether oxygens (including phenoxy) is 3. The number of carboxylic acids is 1. The molecular formula is C21H25NO6. The number of hydrogen-bond acceptors (Lipinski definition) is 5. The Morgan fingerprint density at radius 1 is 1.04 bits per heavy atom. The number of hydrogen-bond donors (Lipinski definition) is 2. The number of rotatable bonds is 9. The summed E-state index contributed by atoms with van der Waals surface area (Å²) in [6.45, 7) is 3.65. The molecule has 0 aliphatic rings. The van der Waals surface area contributed by atoms with Gasteiger partial charge in [0, 0.05) is 11.6 Å². The minimum Gasteiger partial charge on any atom is -0.497 e. The fraction of sp³-hybridized carbons (Fsp3) is 0.333. The van der Waals surface area contributed by atoms with Crippen molar-refractivity contribution in [3.8, 4) is 17.2 Å². The van der Waals surface area contributed by atoms with Crippen LogP contribution in [0.4, 0.5) is 0 Å². The van der Waals surface area contributed by atoms with E-state index in [2.05, 4.69) is 5.32 Å². The van der Waals surface area contributed by atoms with E-state index in [4.69, 9.17) is 14.2 Å². The summed E-state index contributed by atoms with van der Waals surface area (Å²) >= 11 is 0. The number of carbonyl (C=O) groups excluding carboxylic acids is 1. The molecule has 2 rings (SSSR count). The third-order valence-electron chi connectivity index (χ3n) is 4.22. The van der Waals surface area contributed by atoms with Gasteiger partial charge in [-0.1, -0.05) is 17.7 Å². The van der Waals surface area contributed by atoms with Crippen molar-refractivity contribution in [2.24, 2.45) is 0 Å². The van der Waals surface area contributed by atoms with Crippen LogP contribution in [0.25, 0.3) is 0 Å². The minimum atomic E-state index is -1.04. The molecule has 0 fully saturated rings. The Balaban J connectivity index is 2.13. The van der Waals surface area contributed by atoms with Crippen molar-refractivity contribution in [2.45, 2.75) is 26.3 Å². The average Bonchev–Trinajstić information content (AvgIpc) is 2.65. The number of nitrogens with one attached hydrogen (secondary N) is 1. The lowest BCUT2D eigenvalue weighted by Gasteiger charge is -2.20. The second-order valence-electron chi connectivity index (χ2n) is 6.38. The summed E-state index contributed by atoms with van der Waals surface area (Å²) in [7, 11) is 3.00. The summed E-state index contributed by atoms with van der Waals surface area (Å²) in [6, 6.07) is 9.90. The van der Waals surface area contributed by atoms with Crippen LogP contribution in [0.5, 0.6) is 17.2 Å². The Hall–Kier alpha value is -3.22. The van der Waals surface area contributed by atoms with E-state index in [9.17, 15) is 14.7 Å². The third kappa shape index (κ3) is 5.64. The molecule has 28 heavy (non-hydrogen) atoms. The van der Waals surface area contributed by atoms with Crippen molar-refractivity contribution < 1.29 is 28.9 Å². The van der Waals surface area contributed by atoms with Crippen LogP contribution >= 0.6 is 0 Å². The fourth-order valence-electron chi connectivity index (χ4n) is 2.86. The molecule has 0 aliphatic heterocycles. The summed E-state index contributed by atoms with van der Waals surface area (Å²) in [6.07, 6.45) is -0.294. The molecule has 150 valence electrons. The highest BCUT2D eigenvalue weighted by Gasteiger charge is 2.22. The highest BCUT2D eigenvalue weighted by Crippen LogP contribution is 2.31. The van der Waals surface area contributed by atoms with Crippen LogP contribution in [-0.2, 0) is 9.59 Å². The van der Waals surface area contributed by atoms with Crippen molar-refractivity contribution >= 4 is 11.9 Å². The molecule has 0 bridgehead atoms. The van der Waals surface area contributed by atoms with Crippen LogP contribution in [0.1, 0.15) is 29.2 Å². The number of aryl methyl sites for hydroxylation is 2. The molecule has 2 N–H and O–H groups in total. The molecule has 0 saturated heterocycles. The lowest BCUT2D eigenvalue weighted by atomic mass is 10.0. The van der Waals surface area contributed by atoms with Gasteiger partial charge in [-0.25, -0.2) is 0 Å². The topological polar surface area (TPSA) is 94.1 Å². The first-order valence-corrected chi connectivity index (χ1v) is 8.77. The number of aliphatic carboxylic acids is 1. The van der Waals surface area contributed by atoms with Gasteiger partial charge in [0.25, 0.3) is 5.91 Å². The van der Waals surface area contributed by atoms with Gasteiger partial charge in [0.15, 0.2) is 6.61 Å². The Morgan fingerprint density at radius 2 is 1.79 bits per heavy atom. The minimum absolute atomic E-state index is 0.224. The molecule has 0 aromatic heterocycles. The van der Waals surface area contributed by atoms with E-state index in [0.717, 1.165) is 11.1 Å². The highest BCUT2D eigenvalue weighted by molar-refractivity contribution is 5.79. The van der Waals surface area contributed by atoms with Crippen molar-refractivity contribution in [2.75, 3.05) is 20.8 Å². The monoisotopic (exact) mass is 387 g/mol. The standard InChI is InChI=1S/C21H25NO6/c1-13-5-8-18(14(2)9-13)28-12-20(23)22-17(11-21(24)25)16-7-6-15(26-3)10-19(16)27-4/h5-10,17H,11-12H2,1-4H3,(H,22,23)(H,24,25). The van der Waals surface area contributed by atoms with E-state index < -0.39 is 17.9 Å². The van der Waals surface area contributed by atoms with Crippen LogP contribution in [0.3, 0.4) is 0 Å². The first-order valence-electron chi connectivity index (χ1n) is 8.77. The zero-order chi connectivity index (χ0) is 20.7. The molecule has 1 amide bonds. The summed E-state index contributed by atoms with van der Waals surface area (Å²) < 4.78 is 16.1. The molecule has 0 spiro atoms. The van der Waals surface area contributed by atoms with E-state index in [1.165, 1.54) is 14.2 Å². The van der Waals surface area contributed by atoms with Crippen LogP contribution in [-0.4, -0.2) is 37.8 Å². The summed E-state index contributed by atoms with van der Waals surface area (Å²) in [4.78, 5) is 23.7. The van der Waals surface area contributed by atoms with E-state index in [-0.39, 0.29) is 13.0 Å². The predicted octanol–water partition coefficient (Wildman–Crippen LogP) is 3.03. The van der Waals surface area contributed by atoms with Crippen LogP contribution in [0.15, 0.2) is 36.4 Å². The van der Waals surface area contributed by atoms with Gasteiger partial charge < -0.3 is 24.6 Å². The predicted molar refractivity (Wildman–Crippen MR) is 104 cm³/mol. The highest BCUT2D eigenvalue weighted by atomic mass is 16.5. The van der Waals surface area contributed by atoms with Gasteiger partial charge in [-0.15, -0.1) is 0 Å². The lowest BCUT2D eigenvalue weighted by molar-refractivity contribution is -0.137. The number of amides is 1. The summed E-state index contributed by atoms with van der Waals surface area (Å²) in [5.74, 6) is 0.139. The van der Waals surface area contributed by atoms with Crippen LogP contribution in [0.2, 0.25) is 0 Å². The summed E-state index contributed by atoms with van der Waals surface area (Å²) in [5.41, 5.74) is 2.57. The molecule has 0 radical (unpaired) electrons. The van der Waals surface area contributed by atoms with Gasteiger partial charge in [0.05, 0.1) is 26.7 Å². The maximum absolute atomic E-state index is 12.4. The maximum atomic E-state index is 12.4. The average molecular weight is 387 g/mol. The molecule has 1 unspecified atom stereocenters. The van der Waals surface area contributed by atoms with Gasteiger partial charge in [-0.3, -0.25) is 9.59 Å². The molecule has 7 heteroatoms. The van der Waals surface area contributed by atoms with Gasteiger partial charge in [-0.2, -0.15) is 0 Å². The van der Waals surface area contributed by atoms with Crippen molar-refractivity contribution in [1.82, 2.24) is 5.32 Å². The van der Waals surface area contributed by atoms with Gasteiger partial charge >= 0.3 is 5.97 Å². The van der Waals surface area contributed by atoms with Gasteiger partial charge in [-0.05, 0) is 37.6 Å². The number of carbonyl (C=O) groups is 2. The Bertz CT molecular complexity index is 849. The van der Waals surface area contributed by atoms with Gasteiger partial charge in [0.1, 0.15) is 17.2 Å². The molecule has 2 aromatic rings.